The van der Waals surface area contributed by atoms with Crippen molar-refractivity contribution in [1.82, 2.24) is 10.3 Å². The van der Waals surface area contributed by atoms with E-state index in [0.717, 1.165) is 0 Å². The molecule has 2 N–H and O–H groups in total. The summed E-state index contributed by atoms with van der Waals surface area (Å²) in [5, 5.41) is 11.3. The molecule has 0 atom stereocenters. The van der Waals surface area contributed by atoms with Crippen LogP contribution in [0, 0.1) is 5.95 Å². The molecule has 0 unspecified atom stereocenters. The predicted octanol–water partition coefficient (Wildman–Crippen LogP) is 1.46. The van der Waals surface area contributed by atoms with Crippen molar-refractivity contribution >= 4 is 18.0 Å². The lowest BCUT2D eigenvalue weighted by Crippen LogP contribution is -2.20. The molecule has 1 aromatic rings. The minimum Gasteiger partial charge on any atom is -0.478 e. The summed E-state index contributed by atoms with van der Waals surface area (Å²) in [5.41, 5.74) is 0.0376. The molecule has 1 amide bonds. The second kappa shape index (κ2) is 6.48. The monoisotopic (exact) mass is 252 g/mol. The van der Waals surface area contributed by atoms with Crippen LogP contribution in [0.3, 0.4) is 0 Å². The first kappa shape index (κ1) is 13.8. The molecule has 1 aromatic heterocycles. The van der Waals surface area contributed by atoms with E-state index in [2.05, 4.69) is 10.3 Å². The van der Waals surface area contributed by atoms with Crippen molar-refractivity contribution in [3.63, 3.8) is 0 Å². The number of hydrogen-bond donors (Lipinski definition) is 2. The lowest BCUT2D eigenvalue weighted by Gasteiger charge is -1.99. The normalized spacial score (nSPS) is 10.6. The minimum absolute atomic E-state index is 0.111. The van der Waals surface area contributed by atoms with E-state index in [1.54, 1.807) is 12.2 Å². The molecule has 0 aliphatic heterocycles. The Labute approximate surface area is 103 Å². The van der Waals surface area contributed by atoms with E-state index in [9.17, 15) is 14.0 Å². The van der Waals surface area contributed by atoms with Gasteiger partial charge in [-0.2, -0.15) is 4.39 Å². The molecule has 5 nitrogen and oxygen atoms in total. The number of nitrogens with one attached hydrogen (secondary N) is 1. The minimum atomic E-state index is -1.35. The van der Waals surface area contributed by atoms with E-state index in [1.165, 1.54) is 19.2 Å². The molecular weight excluding hydrogens is 239 g/mol. The highest BCUT2D eigenvalue weighted by atomic mass is 19.1. The van der Waals surface area contributed by atoms with Crippen LogP contribution < -0.4 is 5.32 Å². The number of nitrogens with zero attached hydrogens (tertiary/aromatic N) is 1. The largest absolute Gasteiger partial charge is 0.478 e. The molecule has 96 valence electrons. The Bertz CT molecular complexity index is 486. The number of carboxylic acid groups (broad SMARTS) is 1. The Hall–Kier alpha value is -2.24. The van der Waals surface area contributed by atoms with Gasteiger partial charge in [0.05, 0.1) is 0 Å². The van der Waals surface area contributed by atoms with Crippen molar-refractivity contribution in [3.8, 4) is 0 Å². The van der Waals surface area contributed by atoms with E-state index < -0.39 is 17.5 Å². The van der Waals surface area contributed by atoms with E-state index in [0.29, 0.717) is 18.5 Å². The molecule has 0 aliphatic rings. The van der Waals surface area contributed by atoms with Gasteiger partial charge >= 0.3 is 5.97 Å². The number of carbonyl (C=O) groups excluding carboxylic acids is 1. The summed E-state index contributed by atoms with van der Waals surface area (Å²) in [4.78, 5) is 24.6. The number of carboxylic acids is 1. The highest BCUT2D eigenvalue weighted by Crippen LogP contribution is 2.09. The maximum Gasteiger partial charge on any atom is 0.340 e. The first-order chi connectivity index (χ1) is 8.50. The Morgan fingerprint density at radius 3 is 2.89 bits per heavy atom. The molecule has 1 rings (SSSR count). The molecule has 0 fully saturated rings. The number of aromatic carboxylic acids is 1. The third-order valence-electron chi connectivity index (χ3n) is 2.09. The molecule has 6 heteroatoms. The van der Waals surface area contributed by atoms with Gasteiger partial charge < -0.3 is 10.4 Å². The van der Waals surface area contributed by atoms with Crippen LogP contribution in [0.25, 0.3) is 6.08 Å². The van der Waals surface area contributed by atoms with Crippen LogP contribution in [0.15, 0.2) is 18.3 Å². The van der Waals surface area contributed by atoms with Gasteiger partial charge in [0.2, 0.25) is 11.9 Å². The van der Waals surface area contributed by atoms with Crippen LogP contribution in [0.2, 0.25) is 0 Å². The quantitative estimate of drug-likeness (QED) is 0.614. The van der Waals surface area contributed by atoms with Crippen LogP contribution in [0.5, 0.6) is 0 Å². The highest BCUT2D eigenvalue weighted by Gasteiger charge is 2.10. The van der Waals surface area contributed by atoms with Crippen LogP contribution in [0.1, 0.15) is 29.3 Å². The lowest BCUT2D eigenvalue weighted by atomic mass is 10.2. The molecule has 18 heavy (non-hydrogen) atoms. The average Bonchev–Trinajstić information content (AvgIpc) is 2.30. The number of carbonyl (C=O) groups is 2. The van der Waals surface area contributed by atoms with Gasteiger partial charge in [0.15, 0.2) is 0 Å². The topological polar surface area (TPSA) is 79.3 Å². The standard InChI is InChI=1S/C12H13FN2O3/c1-8(16)14-5-3-2-4-9-6-10(12(17)18)11(13)15-7-9/h2,4,6-7H,3,5H2,1H3,(H,14,16)(H,17,18). The van der Waals surface area contributed by atoms with Gasteiger partial charge in [-0.25, -0.2) is 9.78 Å². The van der Waals surface area contributed by atoms with Gasteiger partial charge in [-0.3, -0.25) is 4.79 Å². The Morgan fingerprint density at radius 2 is 2.28 bits per heavy atom. The smallest absolute Gasteiger partial charge is 0.340 e. The fourth-order valence-electron chi connectivity index (χ4n) is 1.26. The fraction of sp³-hybridized carbons (Fsp3) is 0.250. The van der Waals surface area contributed by atoms with E-state index in [1.807, 2.05) is 0 Å². The summed E-state index contributed by atoms with van der Waals surface area (Å²) >= 11 is 0. The van der Waals surface area contributed by atoms with Crippen LogP contribution in [-0.2, 0) is 4.79 Å². The maximum absolute atomic E-state index is 13.0. The summed E-state index contributed by atoms with van der Waals surface area (Å²) in [5.74, 6) is -2.47. The molecule has 0 saturated heterocycles. The number of amides is 1. The van der Waals surface area contributed by atoms with Crippen molar-refractivity contribution in [2.24, 2.45) is 0 Å². The van der Waals surface area contributed by atoms with Gasteiger partial charge in [-0.05, 0) is 18.1 Å². The highest BCUT2D eigenvalue weighted by molar-refractivity contribution is 5.88. The van der Waals surface area contributed by atoms with Gasteiger partial charge in [-0.1, -0.05) is 12.2 Å². The molecule has 1 heterocycles. The van der Waals surface area contributed by atoms with Gasteiger partial charge in [0, 0.05) is 19.7 Å². The van der Waals surface area contributed by atoms with E-state index in [4.69, 9.17) is 5.11 Å². The van der Waals surface area contributed by atoms with Crippen LogP contribution >= 0.6 is 0 Å². The Kier molecular flexibility index (Phi) is 4.98. The maximum atomic E-state index is 13.0. The second-order valence-corrected chi connectivity index (χ2v) is 3.59. The molecular formula is C12H13FN2O3. The van der Waals surface area contributed by atoms with Crippen molar-refractivity contribution in [2.45, 2.75) is 13.3 Å². The summed E-state index contributed by atoms with van der Waals surface area (Å²) in [6.07, 6.45) is 5.22. The van der Waals surface area contributed by atoms with Gasteiger partial charge in [0.1, 0.15) is 5.56 Å². The van der Waals surface area contributed by atoms with Crippen molar-refractivity contribution in [1.29, 1.82) is 0 Å². The SMILES string of the molecule is CC(=O)NCCC=Cc1cnc(F)c(C(=O)O)c1. The summed E-state index contributed by atoms with van der Waals surface area (Å²) < 4.78 is 13.0. The number of pyridine rings is 1. The molecule has 0 saturated carbocycles. The predicted molar refractivity (Wildman–Crippen MR) is 63.5 cm³/mol. The lowest BCUT2D eigenvalue weighted by molar-refractivity contribution is -0.118. The molecule has 0 aromatic carbocycles. The van der Waals surface area contributed by atoms with E-state index in [-0.39, 0.29) is 5.91 Å². The zero-order chi connectivity index (χ0) is 13.5. The van der Waals surface area contributed by atoms with Crippen molar-refractivity contribution in [3.05, 3.63) is 35.4 Å². The van der Waals surface area contributed by atoms with Gasteiger partial charge in [0.25, 0.3) is 0 Å². The van der Waals surface area contributed by atoms with Gasteiger partial charge in [-0.15, -0.1) is 0 Å². The number of aromatic nitrogens is 1. The Balaban J connectivity index is 2.62. The summed E-state index contributed by atoms with van der Waals surface area (Å²) in [7, 11) is 0. The number of halogens is 1. The molecule has 0 aliphatic carbocycles. The fourth-order valence-corrected chi connectivity index (χ4v) is 1.26. The molecule has 0 bridgehead atoms. The average molecular weight is 252 g/mol. The first-order valence-corrected chi connectivity index (χ1v) is 5.30. The van der Waals surface area contributed by atoms with Crippen LogP contribution in [0.4, 0.5) is 4.39 Å². The zero-order valence-electron chi connectivity index (χ0n) is 9.81. The number of hydrogen-bond acceptors (Lipinski definition) is 3. The summed E-state index contributed by atoms with van der Waals surface area (Å²) in [6.45, 7) is 1.92. The molecule has 0 radical (unpaired) electrons. The van der Waals surface area contributed by atoms with E-state index >= 15 is 0 Å². The van der Waals surface area contributed by atoms with Crippen molar-refractivity contribution in [2.75, 3.05) is 6.54 Å². The van der Waals surface area contributed by atoms with Crippen molar-refractivity contribution < 1.29 is 19.1 Å². The second-order valence-electron chi connectivity index (χ2n) is 3.59. The third kappa shape index (κ3) is 4.32. The zero-order valence-corrected chi connectivity index (χ0v) is 9.81. The first-order valence-electron chi connectivity index (χ1n) is 5.30. The number of rotatable bonds is 5. The van der Waals surface area contributed by atoms with Crippen LogP contribution in [-0.4, -0.2) is 28.5 Å². The third-order valence-corrected chi connectivity index (χ3v) is 2.09. The molecule has 0 spiro atoms. The summed E-state index contributed by atoms with van der Waals surface area (Å²) in [6, 6.07) is 1.21. The Morgan fingerprint density at radius 1 is 1.56 bits per heavy atom.